The van der Waals surface area contributed by atoms with Crippen LogP contribution in [0.5, 0.6) is 0 Å². The van der Waals surface area contributed by atoms with Gasteiger partial charge in [0, 0.05) is 0 Å². The van der Waals surface area contributed by atoms with Gasteiger partial charge in [-0.05, 0) is 6.08 Å². The molecule has 0 saturated heterocycles. The lowest BCUT2D eigenvalue weighted by molar-refractivity contribution is 0.732. The monoisotopic (exact) mass is 165 g/mol. The fourth-order valence-corrected chi connectivity index (χ4v) is 0.722. The van der Waals surface area contributed by atoms with E-state index in [4.69, 9.17) is 28.9 Å². The first-order chi connectivity index (χ1) is 4.20. The Morgan fingerprint density at radius 3 is 2.89 bits per heavy atom. The number of alkyl halides is 1. The molecule has 0 bridgehead atoms. The van der Waals surface area contributed by atoms with Gasteiger partial charge in [-0.3, -0.25) is 5.43 Å². The van der Waals surface area contributed by atoms with E-state index in [9.17, 15) is 0 Å². The van der Waals surface area contributed by atoms with E-state index < -0.39 is 5.50 Å². The van der Waals surface area contributed by atoms with E-state index in [0.717, 1.165) is 0 Å². The Labute approximate surface area is 62.5 Å². The second-order valence-electron chi connectivity index (χ2n) is 1.57. The van der Waals surface area contributed by atoms with Crippen LogP contribution in [0.15, 0.2) is 16.9 Å². The molecule has 1 aliphatic rings. The van der Waals surface area contributed by atoms with Gasteiger partial charge in [0.15, 0.2) is 10.7 Å². The quantitative estimate of drug-likeness (QED) is 0.407. The van der Waals surface area contributed by atoms with E-state index in [1.54, 1.807) is 0 Å². The smallest absolute Gasteiger partial charge is 0.157 e. The van der Waals surface area contributed by atoms with Crippen LogP contribution < -0.4 is 11.2 Å². The molecule has 5 heteroatoms. The number of halogens is 2. The molecule has 9 heavy (non-hydrogen) atoms. The summed E-state index contributed by atoms with van der Waals surface area (Å²) in [5, 5.41) is 3.93. The van der Waals surface area contributed by atoms with Crippen molar-refractivity contribution < 1.29 is 0 Å². The molecular formula is C4H5Cl2N3. The minimum atomic E-state index is -0.424. The lowest BCUT2D eigenvalue weighted by atomic mass is 10.4. The number of nitrogens with one attached hydrogen (secondary N) is 1. The molecule has 0 radical (unpaired) electrons. The molecule has 0 amide bonds. The van der Waals surface area contributed by atoms with Crippen LogP contribution in [-0.4, -0.2) is 10.7 Å². The number of nitrogens with two attached hydrogens (primary N) is 1. The van der Waals surface area contributed by atoms with Crippen molar-refractivity contribution in [1.82, 2.24) is 5.43 Å². The first-order valence-corrected chi connectivity index (χ1v) is 3.11. The number of allylic oxidation sites excluding steroid dienone is 1. The average molecular weight is 166 g/mol. The van der Waals surface area contributed by atoms with Gasteiger partial charge in [-0.25, -0.2) is 0 Å². The van der Waals surface area contributed by atoms with Crippen LogP contribution in [-0.2, 0) is 0 Å². The Morgan fingerprint density at radius 2 is 2.44 bits per heavy atom. The van der Waals surface area contributed by atoms with Gasteiger partial charge in [0.25, 0.3) is 0 Å². The zero-order chi connectivity index (χ0) is 6.85. The Hall–Kier alpha value is -0.410. The van der Waals surface area contributed by atoms with Gasteiger partial charge in [-0.1, -0.05) is 23.2 Å². The average Bonchev–Trinajstić information content (AvgIpc) is 1.80. The number of hydrogen-bond acceptors (Lipinski definition) is 3. The SMILES string of the molecule is NC1=CC(Cl)=NNC1Cl. The maximum atomic E-state index is 5.56. The first-order valence-electron chi connectivity index (χ1n) is 2.30. The zero-order valence-electron chi connectivity index (χ0n) is 4.44. The maximum Gasteiger partial charge on any atom is 0.157 e. The second-order valence-corrected chi connectivity index (χ2v) is 2.39. The largest absolute Gasteiger partial charge is 0.399 e. The summed E-state index contributed by atoms with van der Waals surface area (Å²) in [7, 11) is 0. The fraction of sp³-hybridized carbons (Fsp3) is 0.250. The molecule has 1 atom stereocenters. The second kappa shape index (κ2) is 2.45. The molecule has 1 unspecified atom stereocenters. The van der Waals surface area contributed by atoms with Gasteiger partial charge in [-0.15, -0.1) is 0 Å². The van der Waals surface area contributed by atoms with Crippen LogP contribution in [0.1, 0.15) is 0 Å². The molecular weight excluding hydrogens is 161 g/mol. The minimum Gasteiger partial charge on any atom is -0.399 e. The highest BCUT2D eigenvalue weighted by atomic mass is 35.5. The summed E-state index contributed by atoms with van der Waals surface area (Å²) in [4.78, 5) is 0. The van der Waals surface area contributed by atoms with Crippen molar-refractivity contribution in [1.29, 1.82) is 0 Å². The van der Waals surface area contributed by atoms with Gasteiger partial charge in [0.1, 0.15) is 0 Å². The van der Waals surface area contributed by atoms with Crippen LogP contribution in [0.2, 0.25) is 0 Å². The molecule has 1 aliphatic heterocycles. The highest BCUT2D eigenvalue weighted by Crippen LogP contribution is 2.06. The van der Waals surface area contributed by atoms with Crippen LogP contribution in [0.25, 0.3) is 0 Å². The molecule has 0 spiro atoms. The maximum absolute atomic E-state index is 5.56. The summed E-state index contributed by atoms with van der Waals surface area (Å²) in [6.07, 6.45) is 1.51. The summed E-state index contributed by atoms with van der Waals surface area (Å²) in [6.45, 7) is 0. The van der Waals surface area contributed by atoms with Gasteiger partial charge < -0.3 is 5.73 Å². The highest BCUT2D eigenvalue weighted by molar-refractivity contribution is 6.68. The molecule has 50 valence electrons. The van der Waals surface area contributed by atoms with Crippen molar-refractivity contribution in [2.24, 2.45) is 10.8 Å². The van der Waals surface area contributed by atoms with E-state index in [1.165, 1.54) is 6.08 Å². The molecule has 3 N–H and O–H groups in total. The Morgan fingerprint density at radius 1 is 1.78 bits per heavy atom. The van der Waals surface area contributed by atoms with E-state index in [1.807, 2.05) is 0 Å². The van der Waals surface area contributed by atoms with Crippen molar-refractivity contribution in [3.05, 3.63) is 11.8 Å². The summed E-state index contributed by atoms with van der Waals surface area (Å²) in [5.74, 6) is 0. The molecule has 0 aliphatic carbocycles. The molecule has 0 aromatic carbocycles. The predicted molar refractivity (Wildman–Crippen MR) is 38.3 cm³/mol. The number of hydrazone groups is 1. The molecule has 3 nitrogen and oxygen atoms in total. The van der Waals surface area contributed by atoms with E-state index in [0.29, 0.717) is 10.9 Å². The normalized spacial score (nSPS) is 26.2. The topological polar surface area (TPSA) is 50.4 Å². The molecule has 1 heterocycles. The standard InChI is InChI=1S/C4H5Cl2N3/c5-3-1-2(7)4(6)9-8-3/h1,4,9H,7H2. The summed E-state index contributed by atoms with van der Waals surface area (Å²) >= 11 is 11.0. The van der Waals surface area contributed by atoms with Crippen molar-refractivity contribution >= 4 is 28.4 Å². The van der Waals surface area contributed by atoms with Crippen LogP contribution in [0.4, 0.5) is 0 Å². The predicted octanol–water partition coefficient (Wildman–Crippen LogP) is 0.549. The molecule has 0 aromatic rings. The van der Waals surface area contributed by atoms with Crippen LogP contribution >= 0.6 is 23.2 Å². The van der Waals surface area contributed by atoms with Crippen molar-refractivity contribution in [2.75, 3.05) is 0 Å². The van der Waals surface area contributed by atoms with E-state index in [2.05, 4.69) is 10.5 Å². The summed E-state index contributed by atoms with van der Waals surface area (Å²) in [6, 6.07) is 0. The first kappa shape index (κ1) is 6.71. The highest BCUT2D eigenvalue weighted by Gasteiger charge is 2.10. The third-order valence-corrected chi connectivity index (χ3v) is 1.41. The van der Waals surface area contributed by atoms with E-state index >= 15 is 0 Å². The molecule has 0 aromatic heterocycles. The van der Waals surface area contributed by atoms with Gasteiger partial charge in [0.05, 0.1) is 5.70 Å². The lowest BCUT2D eigenvalue weighted by Crippen LogP contribution is -2.29. The zero-order valence-corrected chi connectivity index (χ0v) is 5.95. The molecule has 0 saturated carbocycles. The molecule has 1 rings (SSSR count). The third-order valence-electron chi connectivity index (χ3n) is 0.863. The van der Waals surface area contributed by atoms with Gasteiger partial charge in [0.2, 0.25) is 0 Å². The third kappa shape index (κ3) is 1.50. The number of hydrogen-bond donors (Lipinski definition) is 2. The summed E-state index contributed by atoms with van der Waals surface area (Å²) in [5.41, 5.74) is 7.94. The fourth-order valence-electron chi connectivity index (χ4n) is 0.436. The van der Waals surface area contributed by atoms with Gasteiger partial charge in [-0.2, -0.15) is 5.10 Å². The van der Waals surface area contributed by atoms with Crippen LogP contribution in [0, 0.1) is 0 Å². The minimum absolute atomic E-state index is 0.324. The van der Waals surface area contributed by atoms with E-state index in [-0.39, 0.29) is 0 Å². The summed E-state index contributed by atoms with van der Waals surface area (Å²) < 4.78 is 0. The number of rotatable bonds is 0. The van der Waals surface area contributed by atoms with Crippen LogP contribution in [0.3, 0.4) is 0 Å². The molecule has 0 fully saturated rings. The lowest BCUT2D eigenvalue weighted by Gasteiger charge is -2.12. The van der Waals surface area contributed by atoms with Crippen molar-refractivity contribution in [3.8, 4) is 0 Å². The Kier molecular flexibility index (Phi) is 1.83. The van der Waals surface area contributed by atoms with Crippen molar-refractivity contribution in [2.45, 2.75) is 5.50 Å². The number of nitrogens with zero attached hydrogens (tertiary/aromatic N) is 1. The Bertz CT molecular complexity index is 175. The van der Waals surface area contributed by atoms with Crippen molar-refractivity contribution in [3.63, 3.8) is 0 Å². The van der Waals surface area contributed by atoms with Gasteiger partial charge >= 0.3 is 0 Å². The Balaban J connectivity index is 2.74.